The molecule has 11 nitrogen and oxygen atoms in total. The standard InChI is InChI=1S/C32H34ClN5O6S/c1-4-23-16-38(45(41,42)27-11-22(33)14-34-32(27)44-23)15-21-10-20(9-19-7-8-43-31(19)21)25(13-28(39)40)24-12-26(18-5-6-18)30-29(17(24)2)35-36-37(30)3/h9-12,14,18,23,25H,4-8,13,15-16H2,1-3H3,(H,39,40)/t23-,25?/m1/s1. The van der Waals surface area contributed by atoms with E-state index in [0.29, 0.717) is 36.7 Å². The fraction of sp³-hybridized carbons (Fsp3) is 0.438. The first-order chi connectivity index (χ1) is 21.5. The van der Waals surface area contributed by atoms with Gasteiger partial charge in [-0.25, -0.2) is 18.1 Å². The van der Waals surface area contributed by atoms with Crippen LogP contribution in [0.3, 0.4) is 0 Å². The normalized spacial score (nSPS) is 19.8. The first-order valence-corrected chi connectivity index (χ1v) is 17.0. The van der Waals surface area contributed by atoms with Crippen LogP contribution in [-0.2, 0) is 34.8 Å². The van der Waals surface area contributed by atoms with E-state index in [1.165, 1.54) is 16.6 Å². The summed E-state index contributed by atoms with van der Waals surface area (Å²) in [5.41, 5.74) is 7.11. The van der Waals surface area contributed by atoms with Crippen LogP contribution in [0.1, 0.15) is 77.8 Å². The van der Waals surface area contributed by atoms with Crippen LogP contribution in [0.15, 0.2) is 35.4 Å². The van der Waals surface area contributed by atoms with Crippen LogP contribution >= 0.6 is 11.6 Å². The number of halogens is 1. The van der Waals surface area contributed by atoms with E-state index in [2.05, 4.69) is 21.4 Å². The van der Waals surface area contributed by atoms with Gasteiger partial charge in [-0.2, -0.15) is 4.31 Å². The van der Waals surface area contributed by atoms with E-state index in [4.69, 9.17) is 21.1 Å². The van der Waals surface area contributed by atoms with Crippen molar-refractivity contribution in [1.29, 1.82) is 0 Å². The van der Waals surface area contributed by atoms with Crippen molar-refractivity contribution in [3.8, 4) is 11.6 Å². The Kier molecular flexibility index (Phi) is 7.49. The third kappa shape index (κ3) is 5.32. The van der Waals surface area contributed by atoms with Crippen molar-refractivity contribution in [2.24, 2.45) is 7.05 Å². The summed E-state index contributed by atoms with van der Waals surface area (Å²) in [6.45, 7) is 4.49. The van der Waals surface area contributed by atoms with Crippen LogP contribution in [0.25, 0.3) is 11.0 Å². The maximum atomic E-state index is 14.0. The fourth-order valence-corrected chi connectivity index (χ4v) is 8.46. The van der Waals surface area contributed by atoms with Gasteiger partial charge in [-0.15, -0.1) is 5.10 Å². The Morgan fingerprint density at radius 2 is 2.02 bits per heavy atom. The Labute approximate surface area is 266 Å². The van der Waals surface area contributed by atoms with Crippen molar-refractivity contribution in [1.82, 2.24) is 24.3 Å². The van der Waals surface area contributed by atoms with Crippen molar-refractivity contribution < 1.29 is 27.8 Å². The minimum absolute atomic E-state index is 0.0135. The molecule has 13 heteroatoms. The van der Waals surface area contributed by atoms with Gasteiger partial charge in [-0.05, 0) is 66.0 Å². The summed E-state index contributed by atoms with van der Waals surface area (Å²) in [4.78, 5) is 16.5. The highest BCUT2D eigenvalue weighted by Gasteiger charge is 2.37. The molecule has 0 bridgehead atoms. The van der Waals surface area contributed by atoms with Gasteiger partial charge in [0.1, 0.15) is 22.3 Å². The number of carboxylic acids is 1. The molecule has 0 saturated heterocycles. The van der Waals surface area contributed by atoms with Crippen molar-refractivity contribution in [2.45, 2.75) is 75.3 Å². The number of fused-ring (bicyclic) bond motifs is 3. The summed E-state index contributed by atoms with van der Waals surface area (Å²) in [6.07, 6.45) is 4.17. The van der Waals surface area contributed by atoms with Gasteiger partial charge in [0.15, 0.2) is 0 Å². The quantitative estimate of drug-likeness (QED) is 0.276. The average Bonchev–Trinajstić information content (AvgIpc) is 3.63. The highest BCUT2D eigenvalue weighted by Crippen LogP contribution is 2.47. The van der Waals surface area contributed by atoms with E-state index in [0.717, 1.165) is 51.7 Å². The van der Waals surface area contributed by atoms with Gasteiger partial charge in [0.05, 0.1) is 30.1 Å². The number of ether oxygens (including phenoxy) is 2. The summed E-state index contributed by atoms with van der Waals surface area (Å²) < 4.78 is 43.3. The summed E-state index contributed by atoms with van der Waals surface area (Å²) in [5.74, 6) is -0.347. The van der Waals surface area contributed by atoms with Gasteiger partial charge in [0.25, 0.3) is 0 Å². The highest BCUT2D eigenvalue weighted by atomic mass is 35.5. The number of nitrogens with zero attached hydrogens (tertiary/aromatic N) is 5. The Morgan fingerprint density at radius 1 is 1.22 bits per heavy atom. The summed E-state index contributed by atoms with van der Waals surface area (Å²) in [6, 6.07) is 7.44. The summed E-state index contributed by atoms with van der Waals surface area (Å²) in [5, 5.41) is 19.1. The molecule has 1 aliphatic carbocycles. The lowest BCUT2D eigenvalue weighted by molar-refractivity contribution is -0.137. The minimum Gasteiger partial charge on any atom is -0.493 e. The van der Waals surface area contributed by atoms with Crippen LogP contribution < -0.4 is 9.47 Å². The SMILES string of the molecule is CC[C@@H]1CN(Cc2cc(C(CC(=O)O)c3cc(C4CC4)c4c(nnn4C)c3C)cc3c2OCC3)S(=O)(=O)c2cc(Cl)cnc2O1. The van der Waals surface area contributed by atoms with Gasteiger partial charge < -0.3 is 14.6 Å². The zero-order valence-electron chi connectivity index (χ0n) is 25.3. The van der Waals surface area contributed by atoms with Gasteiger partial charge in [0, 0.05) is 37.7 Å². The Morgan fingerprint density at radius 3 is 2.76 bits per heavy atom. The van der Waals surface area contributed by atoms with E-state index >= 15 is 0 Å². The number of sulfonamides is 1. The van der Waals surface area contributed by atoms with Crippen molar-refractivity contribution in [2.75, 3.05) is 13.2 Å². The maximum Gasteiger partial charge on any atom is 0.304 e. The summed E-state index contributed by atoms with van der Waals surface area (Å²) >= 11 is 6.17. The predicted molar refractivity (Wildman–Crippen MR) is 167 cm³/mol. The average molecular weight is 652 g/mol. The molecular weight excluding hydrogens is 618 g/mol. The minimum atomic E-state index is -4.05. The van der Waals surface area contributed by atoms with Crippen molar-refractivity contribution in [3.05, 3.63) is 68.9 Å². The maximum absolute atomic E-state index is 14.0. The molecular formula is C32H34ClN5O6S. The lowest BCUT2D eigenvalue weighted by Crippen LogP contribution is -2.36. The number of hydrogen-bond acceptors (Lipinski definition) is 8. The molecule has 0 spiro atoms. The molecule has 3 aliphatic rings. The number of aliphatic carboxylic acids is 1. The van der Waals surface area contributed by atoms with E-state index in [9.17, 15) is 18.3 Å². The van der Waals surface area contributed by atoms with E-state index in [1.807, 2.05) is 33.0 Å². The molecule has 2 aliphatic heterocycles. The molecule has 7 rings (SSSR count). The van der Waals surface area contributed by atoms with E-state index < -0.39 is 28.0 Å². The number of carboxylic acid groups (broad SMARTS) is 1. The second-order valence-electron chi connectivity index (χ2n) is 12.2. The lowest BCUT2D eigenvalue weighted by Gasteiger charge is -2.25. The predicted octanol–water partition coefficient (Wildman–Crippen LogP) is 5.11. The second-order valence-corrected chi connectivity index (χ2v) is 14.5. The molecule has 0 amide bonds. The molecule has 1 saturated carbocycles. The molecule has 2 atom stereocenters. The van der Waals surface area contributed by atoms with Gasteiger partial charge in [0.2, 0.25) is 15.9 Å². The molecule has 2 aromatic carbocycles. The van der Waals surface area contributed by atoms with Gasteiger partial charge in [-0.3, -0.25) is 4.79 Å². The number of aryl methyl sites for hydroxylation is 2. The van der Waals surface area contributed by atoms with Crippen molar-refractivity contribution in [3.63, 3.8) is 0 Å². The molecule has 4 heterocycles. The zero-order valence-corrected chi connectivity index (χ0v) is 26.9. The Balaban J connectivity index is 1.35. The van der Waals surface area contributed by atoms with Crippen LogP contribution in [0.5, 0.6) is 11.6 Å². The second kappa shape index (κ2) is 11.3. The number of pyridine rings is 1. The number of aromatic nitrogens is 4. The number of benzene rings is 2. The van der Waals surface area contributed by atoms with Crippen LogP contribution in [0.2, 0.25) is 5.02 Å². The number of carbonyl (C=O) groups is 1. The van der Waals surface area contributed by atoms with Crippen LogP contribution in [0.4, 0.5) is 0 Å². The molecule has 4 aromatic rings. The van der Waals surface area contributed by atoms with E-state index in [-0.39, 0.29) is 35.3 Å². The number of rotatable bonds is 8. The lowest BCUT2D eigenvalue weighted by atomic mass is 9.82. The Bertz CT molecular complexity index is 1960. The topological polar surface area (TPSA) is 137 Å². The third-order valence-corrected chi connectivity index (χ3v) is 11.2. The molecule has 1 unspecified atom stereocenters. The van der Waals surface area contributed by atoms with Crippen LogP contribution in [-0.4, -0.2) is 63.0 Å². The van der Waals surface area contributed by atoms with Gasteiger partial charge in [-0.1, -0.05) is 41.9 Å². The summed E-state index contributed by atoms with van der Waals surface area (Å²) in [7, 11) is -2.16. The molecule has 2 aromatic heterocycles. The fourth-order valence-electron chi connectivity index (χ4n) is 6.69. The molecule has 1 N–H and O–H groups in total. The Hall–Kier alpha value is -3.74. The molecule has 0 radical (unpaired) electrons. The molecule has 236 valence electrons. The van der Waals surface area contributed by atoms with E-state index in [1.54, 1.807) is 4.68 Å². The molecule has 45 heavy (non-hydrogen) atoms. The third-order valence-electron chi connectivity index (χ3n) is 9.15. The first kappa shape index (κ1) is 29.9. The first-order valence-electron chi connectivity index (χ1n) is 15.2. The number of hydrogen-bond donors (Lipinski definition) is 1. The van der Waals surface area contributed by atoms with Crippen LogP contribution in [0, 0.1) is 6.92 Å². The molecule has 1 fully saturated rings. The zero-order chi connectivity index (χ0) is 31.6. The monoisotopic (exact) mass is 651 g/mol. The smallest absolute Gasteiger partial charge is 0.304 e. The van der Waals surface area contributed by atoms with Crippen molar-refractivity contribution >= 4 is 38.6 Å². The van der Waals surface area contributed by atoms with Gasteiger partial charge >= 0.3 is 5.97 Å². The highest BCUT2D eigenvalue weighted by molar-refractivity contribution is 7.89. The largest absolute Gasteiger partial charge is 0.493 e.